The molecule has 8 nitrogen and oxygen atoms in total. The van der Waals surface area contributed by atoms with Crippen molar-refractivity contribution in [2.75, 3.05) is 45.9 Å². The Kier molecular flexibility index (Phi) is 9.07. The van der Waals surface area contributed by atoms with E-state index in [0.29, 0.717) is 49.6 Å². The molecule has 0 aliphatic carbocycles. The molecule has 2 aromatic carbocycles. The number of carbonyl (C=O) groups excluding carboxylic acids is 3. The molecule has 2 aliphatic rings. The van der Waals surface area contributed by atoms with E-state index in [1.807, 2.05) is 75.1 Å². The number of carbonyl (C=O) groups is 3. The third-order valence-electron chi connectivity index (χ3n) is 7.54. The third-order valence-corrected chi connectivity index (χ3v) is 7.54. The maximum absolute atomic E-state index is 13.5. The summed E-state index contributed by atoms with van der Waals surface area (Å²) >= 11 is 0. The third kappa shape index (κ3) is 6.33. The summed E-state index contributed by atoms with van der Waals surface area (Å²) in [5, 5.41) is 3.07. The lowest BCUT2D eigenvalue weighted by Crippen LogP contribution is -2.51. The summed E-state index contributed by atoms with van der Waals surface area (Å²) in [6.07, 6.45) is 0.804. The van der Waals surface area contributed by atoms with E-state index in [4.69, 9.17) is 4.74 Å². The number of urea groups is 1. The number of benzene rings is 2. The quantitative estimate of drug-likeness (QED) is 0.536. The average Bonchev–Trinajstić information content (AvgIpc) is 3.15. The Hall–Kier alpha value is -3.65. The van der Waals surface area contributed by atoms with E-state index in [1.54, 1.807) is 11.8 Å². The second-order valence-corrected chi connectivity index (χ2v) is 10.4. The van der Waals surface area contributed by atoms with Crippen LogP contribution in [0.1, 0.15) is 58.9 Å². The van der Waals surface area contributed by atoms with Crippen LogP contribution in [0.5, 0.6) is 0 Å². The normalized spacial score (nSPS) is 18.6. The van der Waals surface area contributed by atoms with Gasteiger partial charge in [0.15, 0.2) is 0 Å². The molecule has 8 heteroatoms. The van der Waals surface area contributed by atoms with Crippen LogP contribution in [-0.2, 0) is 9.53 Å². The van der Waals surface area contributed by atoms with E-state index < -0.39 is 12.0 Å². The number of nitrogens with zero attached hydrogens (tertiary/aromatic N) is 3. The first-order valence-corrected chi connectivity index (χ1v) is 13.9. The first-order valence-electron chi connectivity index (χ1n) is 13.9. The average molecular weight is 533 g/mol. The molecule has 0 radical (unpaired) electrons. The summed E-state index contributed by atoms with van der Waals surface area (Å²) in [6.45, 7) is 13.4. The molecule has 2 aromatic rings. The van der Waals surface area contributed by atoms with E-state index >= 15 is 0 Å². The predicted molar refractivity (Wildman–Crippen MR) is 151 cm³/mol. The summed E-state index contributed by atoms with van der Waals surface area (Å²) in [6, 6.07) is 12.9. The molecule has 208 valence electrons. The summed E-state index contributed by atoms with van der Waals surface area (Å²) in [7, 11) is 0. The fraction of sp³-hybridized carbons (Fsp3) is 0.452. The highest BCUT2D eigenvalue weighted by molar-refractivity contribution is 5.95. The monoisotopic (exact) mass is 532 g/mol. The maximum Gasteiger partial charge on any atom is 0.338 e. The zero-order chi connectivity index (χ0) is 28.1. The lowest BCUT2D eigenvalue weighted by Gasteiger charge is -2.38. The fourth-order valence-corrected chi connectivity index (χ4v) is 5.38. The molecule has 2 aliphatic heterocycles. The van der Waals surface area contributed by atoms with Crippen molar-refractivity contribution in [3.8, 4) is 0 Å². The van der Waals surface area contributed by atoms with Gasteiger partial charge in [0.25, 0.3) is 5.91 Å². The smallest absolute Gasteiger partial charge is 0.338 e. The van der Waals surface area contributed by atoms with Crippen LogP contribution in [0, 0.1) is 20.8 Å². The number of aryl methyl sites for hydroxylation is 3. The van der Waals surface area contributed by atoms with E-state index in [-0.39, 0.29) is 18.5 Å². The maximum atomic E-state index is 13.5. The molecule has 39 heavy (non-hydrogen) atoms. The zero-order valence-corrected chi connectivity index (χ0v) is 23.8. The van der Waals surface area contributed by atoms with Gasteiger partial charge in [-0.15, -0.1) is 0 Å². The van der Waals surface area contributed by atoms with Gasteiger partial charge in [0.1, 0.15) is 0 Å². The molecule has 0 aromatic heterocycles. The second kappa shape index (κ2) is 12.5. The summed E-state index contributed by atoms with van der Waals surface area (Å²) in [5.74, 6) is -0.381. The molecule has 1 atom stereocenters. The molecule has 0 bridgehead atoms. The molecule has 4 rings (SSSR count). The van der Waals surface area contributed by atoms with E-state index in [9.17, 15) is 14.4 Å². The van der Waals surface area contributed by atoms with Crippen LogP contribution in [-0.4, -0.2) is 78.5 Å². The molecular weight excluding hydrogens is 492 g/mol. The first-order chi connectivity index (χ1) is 18.7. The minimum absolute atomic E-state index is 0.0329. The van der Waals surface area contributed by atoms with E-state index in [0.717, 1.165) is 35.2 Å². The largest absolute Gasteiger partial charge is 0.463 e. The van der Waals surface area contributed by atoms with Gasteiger partial charge in [-0.05, 0) is 64.3 Å². The number of likely N-dealkylation sites (N-methyl/N-ethyl adjacent to an activating group) is 1. The Labute approximate surface area is 231 Å². The van der Waals surface area contributed by atoms with E-state index in [1.165, 1.54) is 0 Å². The molecule has 0 spiro atoms. The van der Waals surface area contributed by atoms with Crippen molar-refractivity contribution >= 4 is 17.9 Å². The first kappa shape index (κ1) is 28.4. The van der Waals surface area contributed by atoms with Gasteiger partial charge in [0.05, 0.1) is 18.2 Å². The van der Waals surface area contributed by atoms with Gasteiger partial charge in [-0.3, -0.25) is 14.6 Å². The molecule has 2 heterocycles. The number of amides is 3. The Morgan fingerprint density at radius 1 is 0.949 bits per heavy atom. The van der Waals surface area contributed by atoms with Crippen LogP contribution in [0.2, 0.25) is 0 Å². The van der Waals surface area contributed by atoms with Gasteiger partial charge >= 0.3 is 12.0 Å². The zero-order valence-electron chi connectivity index (χ0n) is 23.8. The summed E-state index contributed by atoms with van der Waals surface area (Å²) in [5.41, 5.74) is 5.91. The molecular formula is C31H40N4O4. The number of rotatable bonds is 7. The van der Waals surface area contributed by atoms with Crippen molar-refractivity contribution in [1.29, 1.82) is 0 Å². The van der Waals surface area contributed by atoms with Crippen molar-refractivity contribution < 1.29 is 19.1 Å². The number of hydrogen-bond acceptors (Lipinski definition) is 5. The summed E-state index contributed by atoms with van der Waals surface area (Å²) in [4.78, 5) is 45.7. The fourth-order valence-electron chi connectivity index (χ4n) is 5.38. The van der Waals surface area contributed by atoms with Gasteiger partial charge < -0.3 is 15.0 Å². The van der Waals surface area contributed by atoms with Crippen LogP contribution in [0.25, 0.3) is 0 Å². The molecule has 1 fully saturated rings. The van der Waals surface area contributed by atoms with Crippen LogP contribution in [0.15, 0.2) is 53.7 Å². The van der Waals surface area contributed by atoms with Crippen molar-refractivity contribution in [3.05, 3.63) is 81.6 Å². The minimum atomic E-state index is -0.596. The lowest BCUT2D eigenvalue weighted by atomic mass is 9.90. The van der Waals surface area contributed by atoms with Crippen LogP contribution < -0.4 is 5.32 Å². The topological polar surface area (TPSA) is 82.2 Å². The molecule has 1 saturated heterocycles. The van der Waals surface area contributed by atoms with Crippen molar-refractivity contribution in [2.45, 2.75) is 47.1 Å². The van der Waals surface area contributed by atoms with Crippen molar-refractivity contribution in [1.82, 2.24) is 20.0 Å². The van der Waals surface area contributed by atoms with Crippen molar-refractivity contribution in [3.63, 3.8) is 0 Å². The molecule has 1 unspecified atom stereocenters. The van der Waals surface area contributed by atoms with Gasteiger partial charge in [0, 0.05) is 50.5 Å². The van der Waals surface area contributed by atoms with Gasteiger partial charge in [-0.1, -0.05) is 41.5 Å². The molecule has 3 amide bonds. The Bertz CT molecular complexity index is 1250. The Morgan fingerprint density at radius 2 is 1.67 bits per heavy atom. The number of ether oxygens (including phenoxy) is 1. The lowest BCUT2D eigenvalue weighted by molar-refractivity contribution is -0.139. The van der Waals surface area contributed by atoms with Crippen LogP contribution in [0.4, 0.5) is 4.79 Å². The van der Waals surface area contributed by atoms with Gasteiger partial charge in [-0.2, -0.15) is 0 Å². The Balaban J connectivity index is 1.64. The SMILES string of the molecule is CCOC(=O)C1=C(CN2CCCN(C(=O)c3ccc(C)cc3)CC2)N(CC)C(=O)NC1c1cc(C)ccc1C. The highest BCUT2D eigenvalue weighted by atomic mass is 16.5. The highest BCUT2D eigenvalue weighted by Crippen LogP contribution is 2.34. The number of hydrogen-bond donors (Lipinski definition) is 1. The van der Waals surface area contributed by atoms with Gasteiger partial charge in [0.2, 0.25) is 0 Å². The second-order valence-electron chi connectivity index (χ2n) is 10.4. The molecule has 1 N–H and O–H groups in total. The number of nitrogens with one attached hydrogen (secondary N) is 1. The summed E-state index contributed by atoms with van der Waals surface area (Å²) < 4.78 is 5.54. The standard InChI is InChI=1S/C31H40N4O4/c1-6-35-26(20-33-15-8-16-34(18-17-33)29(36)24-13-10-21(3)11-14-24)27(30(37)39-7-2)28(32-31(35)38)25-19-22(4)9-12-23(25)5/h9-14,19,28H,6-8,15-18,20H2,1-5H3,(H,32,38). The predicted octanol–water partition coefficient (Wildman–Crippen LogP) is 4.36. The molecule has 0 saturated carbocycles. The minimum Gasteiger partial charge on any atom is -0.463 e. The van der Waals surface area contributed by atoms with Crippen molar-refractivity contribution in [2.24, 2.45) is 0 Å². The highest BCUT2D eigenvalue weighted by Gasteiger charge is 2.39. The van der Waals surface area contributed by atoms with Crippen LogP contribution >= 0.6 is 0 Å². The van der Waals surface area contributed by atoms with Crippen LogP contribution in [0.3, 0.4) is 0 Å². The Morgan fingerprint density at radius 3 is 2.36 bits per heavy atom. The van der Waals surface area contributed by atoms with Gasteiger partial charge in [-0.25, -0.2) is 9.59 Å². The van der Waals surface area contributed by atoms with E-state index in [2.05, 4.69) is 10.2 Å². The number of esters is 1.